The van der Waals surface area contributed by atoms with Crippen molar-refractivity contribution < 1.29 is 7.65 Å². The molecule has 0 aliphatic rings. The molecule has 0 N–H and O–H groups in total. The number of carbonyl (C=O) groups is 1. The SMILES string of the molecule is C=CC(=O)c1ccc(CCc2cccc(/C=C\c3ccccc3)c2)cc1.[HH].[HH]. The number of carbonyl (C=O) groups excluding carboxylic acids is 1. The molecule has 0 radical (unpaired) electrons. The maximum atomic E-state index is 11.6. The minimum absolute atomic E-state index is 0. The van der Waals surface area contributed by atoms with Crippen LogP contribution in [0.15, 0.2) is 91.5 Å². The summed E-state index contributed by atoms with van der Waals surface area (Å²) in [6.07, 6.45) is 7.56. The number of allylic oxidation sites excluding steroid dienone is 1. The van der Waals surface area contributed by atoms with Crippen LogP contribution in [0.25, 0.3) is 12.2 Å². The van der Waals surface area contributed by atoms with Gasteiger partial charge in [0.15, 0.2) is 5.78 Å². The standard InChI is InChI=1S/C25H22O.2H2/c1-2-25(26)24-17-15-21(16-18-24)12-14-23-10-6-9-22(19-23)13-11-20-7-4-3-5-8-20;;/h2-11,13,15-19H,1,12,14H2;2*1H/b13-11-;;. The van der Waals surface area contributed by atoms with Gasteiger partial charge in [-0.2, -0.15) is 0 Å². The highest BCUT2D eigenvalue weighted by Gasteiger charge is 2.01. The van der Waals surface area contributed by atoms with Gasteiger partial charge in [0, 0.05) is 8.42 Å². The van der Waals surface area contributed by atoms with E-state index in [4.69, 9.17) is 0 Å². The van der Waals surface area contributed by atoms with Crippen molar-refractivity contribution in [2.75, 3.05) is 0 Å². The van der Waals surface area contributed by atoms with E-state index in [1.54, 1.807) is 0 Å². The lowest BCUT2D eigenvalue weighted by Crippen LogP contribution is -1.96. The fraction of sp³-hybridized carbons (Fsp3) is 0.0800. The van der Waals surface area contributed by atoms with Gasteiger partial charge in [0.1, 0.15) is 0 Å². The van der Waals surface area contributed by atoms with Crippen LogP contribution in [0.5, 0.6) is 0 Å². The van der Waals surface area contributed by atoms with Gasteiger partial charge in [0.2, 0.25) is 0 Å². The van der Waals surface area contributed by atoms with Gasteiger partial charge in [-0.05, 0) is 41.2 Å². The Bertz CT molecular complexity index is 913. The first-order valence-electron chi connectivity index (χ1n) is 8.82. The van der Waals surface area contributed by atoms with Gasteiger partial charge in [-0.15, -0.1) is 0 Å². The third-order valence-corrected chi connectivity index (χ3v) is 4.35. The van der Waals surface area contributed by atoms with E-state index >= 15 is 0 Å². The van der Waals surface area contributed by atoms with Crippen molar-refractivity contribution in [3.8, 4) is 0 Å². The van der Waals surface area contributed by atoms with E-state index in [9.17, 15) is 4.79 Å². The number of aryl methyl sites for hydroxylation is 2. The Hall–Kier alpha value is -3.19. The Morgan fingerprint density at radius 2 is 1.42 bits per heavy atom. The summed E-state index contributed by atoms with van der Waals surface area (Å²) in [5.41, 5.74) is 5.64. The van der Waals surface area contributed by atoms with E-state index in [0.717, 1.165) is 12.8 Å². The average molecular weight is 342 g/mol. The topological polar surface area (TPSA) is 17.1 Å². The maximum Gasteiger partial charge on any atom is 0.185 e. The lowest BCUT2D eigenvalue weighted by Gasteiger charge is -2.05. The predicted octanol–water partition coefficient (Wildman–Crippen LogP) is 6.50. The van der Waals surface area contributed by atoms with E-state index in [-0.39, 0.29) is 8.64 Å². The van der Waals surface area contributed by atoms with Crippen LogP contribution in [0.1, 0.15) is 35.5 Å². The Balaban J connectivity index is 0.00000196. The van der Waals surface area contributed by atoms with Gasteiger partial charge in [0.25, 0.3) is 0 Å². The van der Waals surface area contributed by atoms with Crippen molar-refractivity contribution in [1.82, 2.24) is 0 Å². The highest BCUT2D eigenvalue weighted by molar-refractivity contribution is 6.04. The number of ketones is 1. The highest BCUT2D eigenvalue weighted by Crippen LogP contribution is 2.14. The molecule has 3 rings (SSSR count). The van der Waals surface area contributed by atoms with Crippen molar-refractivity contribution >= 4 is 17.9 Å². The molecule has 0 bridgehead atoms. The first-order valence-corrected chi connectivity index (χ1v) is 8.82. The Morgan fingerprint density at radius 3 is 2.15 bits per heavy atom. The summed E-state index contributed by atoms with van der Waals surface area (Å²) >= 11 is 0. The fourth-order valence-electron chi connectivity index (χ4n) is 2.85. The van der Waals surface area contributed by atoms with Gasteiger partial charge in [-0.1, -0.05) is 97.6 Å². The molecule has 1 nitrogen and oxygen atoms in total. The van der Waals surface area contributed by atoms with E-state index in [2.05, 4.69) is 55.1 Å². The number of hydrogen-bond acceptors (Lipinski definition) is 1. The molecule has 0 unspecified atom stereocenters. The molecule has 0 atom stereocenters. The molecule has 0 saturated carbocycles. The molecular weight excluding hydrogens is 316 g/mol. The number of rotatable bonds is 7. The van der Waals surface area contributed by atoms with Crippen LogP contribution in [0.2, 0.25) is 0 Å². The molecule has 0 aliphatic carbocycles. The van der Waals surface area contributed by atoms with Crippen LogP contribution in [-0.4, -0.2) is 5.78 Å². The van der Waals surface area contributed by atoms with Crippen molar-refractivity contribution in [3.05, 3.63) is 119 Å². The zero-order valence-electron chi connectivity index (χ0n) is 14.8. The zero-order valence-corrected chi connectivity index (χ0v) is 14.8. The minimum Gasteiger partial charge on any atom is -0.289 e. The van der Waals surface area contributed by atoms with Crippen LogP contribution in [0.3, 0.4) is 0 Å². The second-order valence-electron chi connectivity index (χ2n) is 6.25. The average Bonchev–Trinajstić information content (AvgIpc) is 2.71. The molecule has 0 spiro atoms. The molecule has 3 aromatic carbocycles. The maximum absolute atomic E-state index is 11.6. The molecule has 26 heavy (non-hydrogen) atoms. The third-order valence-electron chi connectivity index (χ3n) is 4.35. The largest absolute Gasteiger partial charge is 0.289 e. The summed E-state index contributed by atoms with van der Waals surface area (Å²) in [6, 6.07) is 26.7. The smallest absolute Gasteiger partial charge is 0.185 e. The summed E-state index contributed by atoms with van der Waals surface area (Å²) in [5, 5.41) is 0. The van der Waals surface area contributed by atoms with Gasteiger partial charge in [-0.25, -0.2) is 0 Å². The van der Waals surface area contributed by atoms with Crippen LogP contribution < -0.4 is 0 Å². The van der Waals surface area contributed by atoms with Crippen LogP contribution >= 0.6 is 0 Å². The zero-order chi connectivity index (χ0) is 18.2. The second kappa shape index (κ2) is 8.77. The molecule has 3 aromatic rings. The Labute approximate surface area is 158 Å². The summed E-state index contributed by atoms with van der Waals surface area (Å²) in [4.78, 5) is 11.6. The Morgan fingerprint density at radius 1 is 0.769 bits per heavy atom. The number of benzene rings is 3. The van der Waals surface area contributed by atoms with E-state index < -0.39 is 0 Å². The van der Waals surface area contributed by atoms with E-state index in [0.29, 0.717) is 5.56 Å². The molecule has 0 aromatic heterocycles. The van der Waals surface area contributed by atoms with Crippen LogP contribution in [-0.2, 0) is 12.8 Å². The summed E-state index contributed by atoms with van der Waals surface area (Å²) in [7, 11) is 0. The second-order valence-corrected chi connectivity index (χ2v) is 6.25. The lowest BCUT2D eigenvalue weighted by molar-refractivity contribution is 0.104. The summed E-state index contributed by atoms with van der Waals surface area (Å²) < 4.78 is 0. The predicted molar refractivity (Wildman–Crippen MR) is 114 cm³/mol. The monoisotopic (exact) mass is 342 g/mol. The Kier molecular flexibility index (Phi) is 5.95. The van der Waals surface area contributed by atoms with E-state index in [1.807, 2.05) is 42.5 Å². The first-order chi connectivity index (χ1) is 12.7. The molecule has 0 aliphatic heterocycles. The molecule has 0 saturated heterocycles. The normalized spacial score (nSPS) is 10.8. The van der Waals surface area contributed by atoms with E-state index in [1.165, 1.54) is 28.3 Å². The fourth-order valence-corrected chi connectivity index (χ4v) is 2.85. The lowest BCUT2D eigenvalue weighted by atomic mass is 10.0. The molecule has 1 heteroatoms. The van der Waals surface area contributed by atoms with Crippen molar-refractivity contribution in [2.24, 2.45) is 0 Å². The summed E-state index contributed by atoms with van der Waals surface area (Å²) in [5.74, 6) is -0.0329. The quantitative estimate of drug-likeness (QED) is 0.272. The van der Waals surface area contributed by atoms with Crippen molar-refractivity contribution in [3.63, 3.8) is 0 Å². The van der Waals surface area contributed by atoms with Crippen LogP contribution in [0, 0.1) is 0 Å². The molecule has 132 valence electrons. The minimum atomic E-state index is -0.0329. The molecule has 0 fully saturated rings. The third kappa shape index (κ3) is 4.90. The van der Waals surface area contributed by atoms with Crippen molar-refractivity contribution in [1.29, 1.82) is 0 Å². The van der Waals surface area contributed by atoms with Gasteiger partial charge in [-0.3, -0.25) is 4.79 Å². The van der Waals surface area contributed by atoms with Gasteiger partial charge < -0.3 is 0 Å². The van der Waals surface area contributed by atoms with Crippen molar-refractivity contribution in [2.45, 2.75) is 12.8 Å². The highest BCUT2D eigenvalue weighted by atomic mass is 16.1. The number of hydrogen-bond donors (Lipinski definition) is 0. The molecular formula is C25H26O. The van der Waals surface area contributed by atoms with Gasteiger partial charge in [0.05, 0.1) is 0 Å². The first kappa shape index (κ1) is 17.6. The summed E-state index contributed by atoms with van der Waals surface area (Å²) in [6.45, 7) is 3.52. The van der Waals surface area contributed by atoms with Gasteiger partial charge >= 0.3 is 0 Å². The molecule has 0 heterocycles. The molecule has 0 amide bonds. The van der Waals surface area contributed by atoms with Crippen LogP contribution in [0.4, 0.5) is 0 Å².